The zero-order chi connectivity index (χ0) is 20.5. The highest BCUT2D eigenvalue weighted by atomic mass is 32.2. The molecule has 1 aliphatic carbocycles. The Balaban J connectivity index is 1.41. The minimum atomic E-state index is -0.225. The van der Waals surface area contributed by atoms with Crippen LogP contribution in [0.1, 0.15) is 53.2 Å². The number of rotatable bonds is 5. The van der Waals surface area contributed by atoms with Crippen LogP contribution in [0.2, 0.25) is 0 Å². The molecule has 3 aromatic rings. The van der Waals surface area contributed by atoms with E-state index in [9.17, 15) is 9.59 Å². The summed E-state index contributed by atoms with van der Waals surface area (Å²) in [4.78, 5) is 34.5. The maximum Gasteiger partial charge on any atom is 0.259 e. The van der Waals surface area contributed by atoms with E-state index in [4.69, 9.17) is 0 Å². The fraction of sp³-hybridized carbons (Fsp3) is 0.409. The van der Waals surface area contributed by atoms with Crippen molar-refractivity contribution >= 4 is 39.2 Å². The van der Waals surface area contributed by atoms with E-state index in [1.807, 2.05) is 26.8 Å². The summed E-state index contributed by atoms with van der Waals surface area (Å²) in [5.41, 5.74) is 3.48. The Morgan fingerprint density at radius 3 is 3.00 bits per heavy atom. The van der Waals surface area contributed by atoms with Gasteiger partial charge < -0.3 is 10.3 Å². The Morgan fingerprint density at radius 1 is 1.38 bits per heavy atom. The van der Waals surface area contributed by atoms with E-state index in [2.05, 4.69) is 33.5 Å². The molecule has 4 rings (SSSR count). The van der Waals surface area contributed by atoms with Gasteiger partial charge in [-0.2, -0.15) is 0 Å². The first kappa shape index (κ1) is 20.2. The number of aromatic nitrogens is 2. The first-order valence-electron chi connectivity index (χ1n) is 9.92. The van der Waals surface area contributed by atoms with Crippen molar-refractivity contribution in [3.8, 4) is 0 Å². The third-order valence-electron chi connectivity index (χ3n) is 5.61. The molecule has 0 aliphatic heterocycles. The topological polar surface area (TPSA) is 74.8 Å². The predicted molar refractivity (Wildman–Crippen MR) is 121 cm³/mol. The van der Waals surface area contributed by atoms with Crippen molar-refractivity contribution < 1.29 is 4.79 Å². The molecule has 0 saturated carbocycles. The molecule has 0 fully saturated rings. The van der Waals surface area contributed by atoms with Crippen molar-refractivity contribution in [3.63, 3.8) is 0 Å². The molecule has 0 unspecified atom stereocenters. The molecule has 0 radical (unpaired) electrons. The number of H-pyrrole nitrogens is 1. The van der Waals surface area contributed by atoms with Gasteiger partial charge in [-0.3, -0.25) is 9.59 Å². The molecule has 0 saturated heterocycles. The summed E-state index contributed by atoms with van der Waals surface area (Å²) < 4.78 is 0. The van der Waals surface area contributed by atoms with Crippen LogP contribution in [0.15, 0.2) is 29.1 Å². The van der Waals surface area contributed by atoms with Gasteiger partial charge in [0.1, 0.15) is 10.7 Å². The molecule has 2 atom stereocenters. The van der Waals surface area contributed by atoms with Gasteiger partial charge in [0.2, 0.25) is 5.91 Å². The standard InChI is InChI=1S/C22H25N3O2S2/c1-12-13(2)29-22-19(12)21(27)24-18(25-22)11-28-14(3)20(26)23-17-10-6-8-15-7-4-5-9-16(15)17/h4-5,7,9,14,17H,6,8,10-11H2,1-3H3,(H,23,26)(H,24,25,27)/t14-,17-/m1/s1. The van der Waals surface area contributed by atoms with Gasteiger partial charge in [-0.25, -0.2) is 4.98 Å². The highest BCUT2D eigenvalue weighted by molar-refractivity contribution is 7.99. The van der Waals surface area contributed by atoms with Gasteiger partial charge in [-0.15, -0.1) is 23.1 Å². The summed E-state index contributed by atoms with van der Waals surface area (Å²) in [6, 6.07) is 8.45. The molecule has 0 spiro atoms. The maximum absolute atomic E-state index is 12.7. The SMILES string of the molecule is Cc1sc2nc(CS[C@H](C)C(=O)N[C@@H]3CCCc4ccccc43)[nH]c(=O)c2c1C. The number of thiophene rings is 1. The number of nitrogens with zero attached hydrogens (tertiary/aromatic N) is 1. The van der Waals surface area contributed by atoms with Gasteiger partial charge in [0.05, 0.1) is 22.4 Å². The summed E-state index contributed by atoms with van der Waals surface area (Å²) in [6.45, 7) is 5.87. The Morgan fingerprint density at radius 2 is 2.17 bits per heavy atom. The number of aromatic amines is 1. The summed E-state index contributed by atoms with van der Waals surface area (Å²) in [5, 5.41) is 3.67. The van der Waals surface area contributed by atoms with Crippen molar-refractivity contribution in [2.24, 2.45) is 0 Å². The van der Waals surface area contributed by atoms with Gasteiger partial charge in [0.15, 0.2) is 0 Å². The van der Waals surface area contributed by atoms with E-state index in [1.165, 1.54) is 22.9 Å². The highest BCUT2D eigenvalue weighted by Crippen LogP contribution is 2.30. The molecule has 2 heterocycles. The average Bonchev–Trinajstić information content (AvgIpc) is 3.00. The maximum atomic E-state index is 12.7. The van der Waals surface area contributed by atoms with Crippen molar-refractivity contribution in [2.45, 2.75) is 57.1 Å². The van der Waals surface area contributed by atoms with Crippen molar-refractivity contribution in [3.05, 3.63) is 62.0 Å². The molecule has 1 aliphatic rings. The lowest BCUT2D eigenvalue weighted by molar-refractivity contribution is -0.121. The molecule has 7 heteroatoms. The highest BCUT2D eigenvalue weighted by Gasteiger charge is 2.24. The van der Waals surface area contributed by atoms with Crippen LogP contribution in [-0.2, 0) is 17.0 Å². The molecule has 1 aromatic carbocycles. The monoisotopic (exact) mass is 427 g/mol. The van der Waals surface area contributed by atoms with Crippen LogP contribution in [0.4, 0.5) is 0 Å². The smallest absolute Gasteiger partial charge is 0.259 e. The van der Waals surface area contributed by atoms with E-state index in [1.54, 1.807) is 11.3 Å². The second-order valence-corrected chi connectivity index (χ2v) is 10.1. The average molecular weight is 428 g/mol. The summed E-state index contributed by atoms with van der Waals surface area (Å²) in [7, 11) is 0. The molecule has 5 nitrogen and oxygen atoms in total. The van der Waals surface area contributed by atoms with E-state index >= 15 is 0 Å². The fourth-order valence-electron chi connectivity index (χ4n) is 3.84. The van der Waals surface area contributed by atoms with E-state index in [-0.39, 0.29) is 22.8 Å². The summed E-state index contributed by atoms with van der Waals surface area (Å²) >= 11 is 3.04. The Kier molecular flexibility index (Phi) is 5.79. The number of carbonyl (C=O) groups excluding carboxylic acids is 1. The first-order chi connectivity index (χ1) is 13.9. The summed E-state index contributed by atoms with van der Waals surface area (Å²) in [5.74, 6) is 1.15. The Labute approximate surface area is 178 Å². The van der Waals surface area contributed by atoms with E-state index in [0.29, 0.717) is 17.0 Å². The Bertz CT molecular complexity index is 1120. The number of benzene rings is 1. The number of thioether (sulfide) groups is 1. The second-order valence-electron chi connectivity index (χ2n) is 7.58. The lowest BCUT2D eigenvalue weighted by Crippen LogP contribution is -2.36. The van der Waals surface area contributed by atoms with Crippen LogP contribution < -0.4 is 10.9 Å². The van der Waals surface area contributed by atoms with Crippen LogP contribution in [0.3, 0.4) is 0 Å². The third kappa shape index (κ3) is 4.12. The molecule has 2 aromatic heterocycles. The normalized spacial score (nSPS) is 17.1. The number of hydrogen-bond acceptors (Lipinski definition) is 5. The third-order valence-corrected chi connectivity index (χ3v) is 7.87. The lowest BCUT2D eigenvalue weighted by atomic mass is 9.88. The number of nitrogens with one attached hydrogen (secondary N) is 2. The molecule has 0 bridgehead atoms. The van der Waals surface area contributed by atoms with Crippen LogP contribution in [0.25, 0.3) is 10.2 Å². The lowest BCUT2D eigenvalue weighted by Gasteiger charge is -2.27. The van der Waals surface area contributed by atoms with Crippen LogP contribution in [0.5, 0.6) is 0 Å². The van der Waals surface area contributed by atoms with Gasteiger partial charge in [0.25, 0.3) is 5.56 Å². The number of aryl methyl sites for hydroxylation is 3. The number of carbonyl (C=O) groups is 1. The van der Waals surface area contributed by atoms with Crippen molar-refractivity contribution in [2.75, 3.05) is 0 Å². The van der Waals surface area contributed by atoms with Crippen molar-refractivity contribution in [1.82, 2.24) is 15.3 Å². The first-order valence-corrected chi connectivity index (χ1v) is 11.8. The molecule has 2 N–H and O–H groups in total. The Hall–Kier alpha value is -2.12. The second kappa shape index (κ2) is 8.32. The fourth-order valence-corrected chi connectivity index (χ4v) is 5.65. The minimum absolute atomic E-state index is 0.0305. The van der Waals surface area contributed by atoms with Gasteiger partial charge in [0, 0.05) is 4.88 Å². The van der Waals surface area contributed by atoms with E-state index < -0.39 is 0 Å². The van der Waals surface area contributed by atoms with Crippen molar-refractivity contribution in [1.29, 1.82) is 0 Å². The predicted octanol–water partition coefficient (Wildman–Crippen LogP) is 4.42. The van der Waals surface area contributed by atoms with Gasteiger partial charge >= 0.3 is 0 Å². The van der Waals surface area contributed by atoms with Crippen LogP contribution in [0, 0.1) is 13.8 Å². The van der Waals surface area contributed by atoms with Crippen LogP contribution in [-0.4, -0.2) is 21.1 Å². The number of hydrogen-bond donors (Lipinski definition) is 2. The molecular weight excluding hydrogens is 402 g/mol. The molecule has 1 amide bonds. The van der Waals surface area contributed by atoms with E-state index in [0.717, 1.165) is 34.5 Å². The van der Waals surface area contributed by atoms with Crippen LogP contribution >= 0.6 is 23.1 Å². The quantitative estimate of drug-likeness (QED) is 0.632. The molecule has 29 heavy (non-hydrogen) atoms. The zero-order valence-corrected chi connectivity index (χ0v) is 18.5. The number of amides is 1. The molecular formula is C22H25N3O2S2. The zero-order valence-electron chi connectivity index (χ0n) is 16.9. The van der Waals surface area contributed by atoms with Gasteiger partial charge in [-0.1, -0.05) is 24.3 Å². The largest absolute Gasteiger partial charge is 0.348 e. The molecule has 152 valence electrons. The minimum Gasteiger partial charge on any atom is -0.348 e. The number of fused-ring (bicyclic) bond motifs is 2. The van der Waals surface area contributed by atoms with Gasteiger partial charge in [-0.05, 0) is 56.7 Å². The summed E-state index contributed by atoms with van der Waals surface area (Å²) in [6.07, 6.45) is 3.15.